The maximum absolute atomic E-state index is 6.07. The molecule has 2 aromatic heterocycles. The third kappa shape index (κ3) is 2.19. The Morgan fingerprint density at radius 2 is 1.65 bits per heavy atom. The van der Waals surface area contributed by atoms with E-state index in [1.54, 1.807) is 12.4 Å². The lowest BCUT2D eigenvalue weighted by Crippen LogP contribution is -2.00. The molecule has 0 fully saturated rings. The van der Waals surface area contributed by atoms with Crippen molar-refractivity contribution in [2.24, 2.45) is 0 Å². The lowest BCUT2D eigenvalue weighted by atomic mass is 10.3. The van der Waals surface area contributed by atoms with Crippen LogP contribution < -0.4 is 4.74 Å². The smallest absolute Gasteiger partial charge is 0.242 e. The van der Waals surface area contributed by atoms with Crippen LogP contribution in [0.4, 0.5) is 0 Å². The molecule has 0 aromatic carbocycles. The zero-order valence-corrected chi connectivity index (χ0v) is 10.5. The second kappa shape index (κ2) is 4.63. The Kier molecular flexibility index (Phi) is 3.19. The van der Waals surface area contributed by atoms with Crippen molar-refractivity contribution in [2.75, 3.05) is 7.11 Å². The number of halogens is 1. The van der Waals surface area contributed by atoms with Gasteiger partial charge in [0.05, 0.1) is 18.5 Å². The summed E-state index contributed by atoms with van der Waals surface area (Å²) in [6, 6.07) is 0. The number of ether oxygens (including phenoxy) is 1. The summed E-state index contributed by atoms with van der Waals surface area (Å²) in [6.07, 6.45) is 3.11. The molecule has 2 aromatic rings. The second-order valence-corrected chi connectivity index (χ2v) is 3.81. The molecule has 0 aliphatic heterocycles. The molecule has 17 heavy (non-hydrogen) atoms. The van der Waals surface area contributed by atoms with Gasteiger partial charge in [-0.15, -0.1) is 0 Å². The monoisotopic (exact) mass is 250 g/mol. The molecular weight excluding hydrogens is 240 g/mol. The fraction of sp³-hybridized carbons (Fsp3) is 0.273. The highest BCUT2D eigenvalue weighted by Crippen LogP contribution is 2.28. The van der Waals surface area contributed by atoms with E-state index in [1.165, 1.54) is 7.11 Å². The third-order valence-corrected chi connectivity index (χ3v) is 2.61. The molecule has 0 saturated heterocycles. The molecule has 0 aliphatic rings. The SMILES string of the molecule is COc1nccnc1-c1nc(C)c(C)nc1Cl. The van der Waals surface area contributed by atoms with E-state index < -0.39 is 0 Å². The molecule has 2 rings (SSSR count). The zero-order chi connectivity index (χ0) is 12.4. The number of rotatable bonds is 2. The Bertz CT molecular complexity index is 559. The standard InChI is InChI=1S/C11H11ClN4O/c1-6-7(2)16-10(12)8(15-6)9-11(17-3)14-5-4-13-9/h4-5H,1-3H3. The number of aromatic nitrogens is 4. The number of methoxy groups -OCH3 is 1. The van der Waals surface area contributed by atoms with Crippen molar-refractivity contribution in [1.29, 1.82) is 0 Å². The van der Waals surface area contributed by atoms with E-state index in [9.17, 15) is 0 Å². The minimum atomic E-state index is 0.298. The predicted octanol–water partition coefficient (Wildman–Crippen LogP) is 2.21. The van der Waals surface area contributed by atoms with Crippen LogP contribution in [-0.2, 0) is 0 Å². The van der Waals surface area contributed by atoms with Crippen molar-refractivity contribution in [3.05, 3.63) is 28.9 Å². The average molecular weight is 251 g/mol. The fourth-order valence-electron chi connectivity index (χ4n) is 1.36. The Labute approximate surface area is 104 Å². The molecule has 0 saturated carbocycles. The van der Waals surface area contributed by atoms with E-state index in [0.717, 1.165) is 11.4 Å². The summed E-state index contributed by atoms with van der Waals surface area (Å²) in [5, 5.41) is 0.298. The molecule has 0 N–H and O–H groups in total. The molecule has 6 heteroatoms. The van der Waals surface area contributed by atoms with Crippen LogP contribution >= 0.6 is 11.6 Å². The number of aryl methyl sites for hydroxylation is 2. The normalized spacial score (nSPS) is 10.4. The summed E-state index contributed by atoms with van der Waals surface area (Å²) >= 11 is 6.07. The van der Waals surface area contributed by atoms with Crippen LogP contribution in [0.1, 0.15) is 11.4 Å². The van der Waals surface area contributed by atoms with Gasteiger partial charge in [0.15, 0.2) is 10.8 Å². The first-order chi connectivity index (χ1) is 8.13. The van der Waals surface area contributed by atoms with Gasteiger partial charge in [0.1, 0.15) is 5.69 Å². The number of nitrogens with zero attached hydrogens (tertiary/aromatic N) is 4. The quantitative estimate of drug-likeness (QED) is 0.818. The van der Waals surface area contributed by atoms with Crippen molar-refractivity contribution < 1.29 is 4.74 Å². The first-order valence-electron chi connectivity index (χ1n) is 4.99. The highest BCUT2D eigenvalue weighted by Gasteiger charge is 2.15. The molecule has 0 atom stereocenters. The van der Waals surface area contributed by atoms with Crippen molar-refractivity contribution in [2.45, 2.75) is 13.8 Å². The van der Waals surface area contributed by atoms with E-state index in [4.69, 9.17) is 16.3 Å². The van der Waals surface area contributed by atoms with E-state index >= 15 is 0 Å². The highest BCUT2D eigenvalue weighted by molar-refractivity contribution is 6.31. The van der Waals surface area contributed by atoms with Gasteiger partial charge in [-0.2, -0.15) is 0 Å². The molecule has 5 nitrogen and oxygen atoms in total. The first kappa shape index (κ1) is 11.7. The van der Waals surface area contributed by atoms with Gasteiger partial charge in [-0.25, -0.2) is 19.9 Å². The minimum Gasteiger partial charge on any atom is -0.479 e. The Hall–Kier alpha value is -1.75. The lowest BCUT2D eigenvalue weighted by Gasteiger charge is -2.08. The van der Waals surface area contributed by atoms with Crippen LogP contribution in [0.25, 0.3) is 11.4 Å². The molecule has 88 valence electrons. The van der Waals surface area contributed by atoms with Crippen LogP contribution in [0, 0.1) is 13.8 Å². The lowest BCUT2D eigenvalue weighted by molar-refractivity contribution is 0.397. The van der Waals surface area contributed by atoms with Crippen molar-refractivity contribution >= 4 is 11.6 Å². The van der Waals surface area contributed by atoms with Crippen LogP contribution in [0.2, 0.25) is 5.15 Å². The van der Waals surface area contributed by atoms with Gasteiger partial charge >= 0.3 is 0 Å². The van der Waals surface area contributed by atoms with Gasteiger partial charge in [0.2, 0.25) is 5.88 Å². The predicted molar refractivity (Wildman–Crippen MR) is 64.1 cm³/mol. The van der Waals surface area contributed by atoms with Crippen LogP contribution in [0.3, 0.4) is 0 Å². The van der Waals surface area contributed by atoms with Gasteiger partial charge in [-0.1, -0.05) is 11.6 Å². The third-order valence-electron chi connectivity index (χ3n) is 2.35. The summed E-state index contributed by atoms with van der Waals surface area (Å²) in [4.78, 5) is 16.8. The number of hydrogen-bond acceptors (Lipinski definition) is 5. The van der Waals surface area contributed by atoms with E-state index in [-0.39, 0.29) is 0 Å². The summed E-state index contributed by atoms with van der Waals surface area (Å²) in [6.45, 7) is 3.72. The fourth-order valence-corrected chi connectivity index (χ4v) is 1.62. The molecule has 0 aliphatic carbocycles. The summed E-state index contributed by atoms with van der Waals surface area (Å²) < 4.78 is 5.12. The molecule has 0 spiro atoms. The largest absolute Gasteiger partial charge is 0.479 e. The maximum atomic E-state index is 6.07. The maximum Gasteiger partial charge on any atom is 0.242 e. The molecule has 0 amide bonds. The van der Waals surface area contributed by atoms with Gasteiger partial charge < -0.3 is 4.74 Å². The summed E-state index contributed by atoms with van der Waals surface area (Å²) in [7, 11) is 1.52. The van der Waals surface area contributed by atoms with Crippen LogP contribution in [0.15, 0.2) is 12.4 Å². The van der Waals surface area contributed by atoms with Crippen molar-refractivity contribution in [3.8, 4) is 17.3 Å². The molecule has 0 radical (unpaired) electrons. The van der Waals surface area contributed by atoms with Crippen LogP contribution in [0.5, 0.6) is 5.88 Å². The van der Waals surface area contributed by atoms with Crippen LogP contribution in [-0.4, -0.2) is 27.0 Å². The van der Waals surface area contributed by atoms with E-state index in [2.05, 4.69) is 19.9 Å². The van der Waals surface area contributed by atoms with Gasteiger partial charge in [0, 0.05) is 12.4 Å². The van der Waals surface area contributed by atoms with Crippen molar-refractivity contribution in [1.82, 2.24) is 19.9 Å². The number of hydrogen-bond donors (Lipinski definition) is 0. The Balaban J connectivity index is 2.64. The summed E-state index contributed by atoms with van der Waals surface area (Å²) in [5.74, 6) is 0.381. The zero-order valence-electron chi connectivity index (χ0n) is 9.73. The van der Waals surface area contributed by atoms with E-state index in [0.29, 0.717) is 22.4 Å². The van der Waals surface area contributed by atoms with Gasteiger partial charge in [-0.05, 0) is 13.8 Å². The molecule has 0 unspecified atom stereocenters. The highest BCUT2D eigenvalue weighted by atomic mass is 35.5. The minimum absolute atomic E-state index is 0.298. The molecule has 0 bridgehead atoms. The topological polar surface area (TPSA) is 60.8 Å². The second-order valence-electron chi connectivity index (χ2n) is 3.45. The Morgan fingerprint density at radius 1 is 1.00 bits per heavy atom. The Morgan fingerprint density at radius 3 is 2.35 bits per heavy atom. The summed E-state index contributed by atoms with van der Waals surface area (Å²) in [5.41, 5.74) is 2.58. The average Bonchev–Trinajstić information content (AvgIpc) is 2.34. The van der Waals surface area contributed by atoms with Gasteiger partial charge in [-0.3, -0.25) is 0 Å². The van der Waals surface area contributed by atoms with E-state index in [1.807, 2.05) is 13.8 Å². The first-order valence-corrected chi connectivity index (χ1v) is 5.37. The van der Waals surface area contributed by atoms with Gasteiger partial charge in [0.25, 0.3) is 0 Å². The molecular formula is C11H11ClN4O. The molecule has 2 heterocycles. The van der Waals surface area contributed by atoms with Crippen molar-refractivity contribution in [3.63, 3.8) is 0 Å².